The van der Waals surface area contributed by atoms with Crippen LogP contribution in [0.5, 0.6) is 0 Å². The summed E-state index contributed by atoms with van der Waals surface area (Å²) in [7, 11) is 0. The number of hydrogen-bond acceptors (Lipinski definition) is 3. The molecule has 1 saturated heterocycles. The van der Waals surface area contributed by atoms with E-state index in [1.165, 1.54) is 0 Å². The van der Waals surface area contributed by atoms with Crippen LogP contribution in [-0.2, 0) is 16.8 Å². The molecule has 2 aromatic carbocycles. The number of carbonyl (C=O) groups excluding carboxylic acids is 1. The van der Waals surface area contributed by atoms with E-state index in [2.05, 4.69) is 15.9 Å². The zero-order chi connectivity index (χ0) is 18.0. The number of hydroxylamine groups is 3. The summed E-state index contributed by atoms with van der Waals surface area (Å²) in [5, 5.41) is 14.1. The topological polar surface area (TPSA) is 49.4 Å². The minimum absolute atomic E-state index is 0.209. The van der Waals surface area contributed by atoms with Crippen LogP contribution in [0.1, 0.15) is 47.2 Å². The first-order chi connectivity index (χ1) is 12.5. The predicted molar refractivity (Wildman–Crippen MR) is 101 cm³/mol. The van der Waals surface area contributed by atoms with Gasteiger partial charge in [0, 0.05) is 35.0 Å². The second-order valence-corrected chi connectivity index (χ2v) is 8.80. The Labute approximate surface area is 161 Å². The number of quaternary nitrogens is 1. The Hall–Kier alpha value is -1.53. The molecule has 1 atom stereocenters. The maximum Gasteiger partial charge on any atom is 0.347 e. The van der Waals surface area contributed by atoms with Crippen molar-refractivity contribution < 1.29 is 14.2 Å². The van der Waals surface area contributed by atoms with Crippen LogP contribution < -0.4 is 0 Å². The molecule has 1 aliphatic carbocycles. The van der Waals surface area contributed by atoms with Crippen molar-refractivity contribution in [3.63, 3.8) is 0 Å². The minimum Gasteiger partial charge on any atom is -0.624 e. The van der Waals surface area contributed by atoms with Gasteiger partial charge in [0.15, 0.2) is 0 Å². The molecule has 3 aliphatic rings. The Kier molecular flexibility index (Phi) is 3.51. The zero-order valence-corrected chi connectivity index (χ0v) is 16.0. The fraction of sp³-hybridized carbons (Fsp3) is 0.381. The van der Waals surface area contributed by atoms with Crippen LogP contribution >= 0.6 is 15.9 Å². The lowest BCUT2D eigenvalue weighted by atomic mass is 9.59. The molecular weight excluding hydrogens is 394 g/mol. The monoisotopic (exact) mass is 413 g/mol. The van der Waals surface area contributed by atoms with Crippen molar-refractivity contribution in [1.29, 1.82) is 0 Å². The lowest BCUT2D eigenvalue weighted by Gasteiger charge is -2.63. The number of halogens is 1. The lowest BCUT2D eigenvalue weighted by Crippen LogP contribution is -2.69. The van der Waals surface area contributed by atoms with Crippen LogP contribution in [0.3, 0.4) is 0 Å². The van der Waals surface area contributed by atoms with E-state index in [0.717, 1.165) is 35.0 Å². The first kappa shape index (κ1) is 16.6. The minimum atomic E-state index is -0.820. The number of fused-ring (bicyclic) bond motifs is 1. The first-order valence-electron chi connectivity index (χ1n) is 9.10. The molecule has 4 nitrogen and oxygen atoms in total. The normalized spacial score (nSPS) is 35.5. The van der Waals surface area contributed by atoms with Crippen LogP contribution in [-0.4, -0.2) is 22.8 Å². The van der Waals surface area contributed by atoms with Crippen LogP contribution in [0.2, 0.25) is 0 Å². The molecule has 1 amide bonds. The molecule has 2 aromatic rings. The summed E-state index contributed by atoms with van der Waals surface area (Å²) in [6.07, 6.45) is 3.24. The van der Waals surface area contributed by atoms with Crippen molar-refractivity contribution >= 4 is 21.8 Å². The van der Waals surface area contributed by atoms with Gasteiger partial charge in [-0.05, 0) is 31.0 Å². The molecule has 2 fully saturated rings. The average Bonchev–Trinajstić information content (AvgIpc) is 3.19. The highest BCUT2D eigenvalue weighted by Crippen LogP contribution is 2.62. The van der Waals surface area contributed by atoms with Crippen LogP contribution in [0.15, 0.2) is 53.0 Å². The van der Waals surface area contributed by atoms with Gasteiger partial charge in [-0.3, -0.25) is 4.65 Å². The molecule has 26 heavy (non-hydrogen) atoms. The summed E-state index contributed by atoms with van der Waals surface area (Å²) >= 11 is 3.47. The Morgan fingerprint density at radius 2 is 1.81 bits per heavy atom. The maximum absolute atomic E-state index is 14.1. The van der Waals surface area contributed by atoms with Crippen molar-refractivity contribution in [1.82, 2.24) is 0 Å². The smallest absolute Gasteiger partial charge is 0.347 e. The zero-order valence-electron chi connectivity index (χ0n) is 14.4. The number of amides is 1. The van der Waals surface area contributed by atoms with Gasteiger partial charge in [-0.1, -0.05) is 46.3 Å². The molecule has 1 spiro atoms. The van der Waals surface area contributed by atoms with E-state index in [1.54, 1.807) is 6.07 Å². The van der Waals surface area contributed by atoms with Gasteiger partial charge in [0.05, 0.1) is 11.2 Å². The number of carbonyl (C=O) groups is 1. The highest BCUT2D eigenvalue weighted by atomic mass is 79.9. The summed E-state index contributed by atoms with van der Waals surface area (Å²) in [5.74, 6) is -0.309. The van der Waals surface area contributed by atoms with E-state index in [-0.39, 0.29) is 18.1 Å². The molecule has 0 N–H and O–H groups in total. The highest BCUT2D eigenvalue weighted by molar-refractivity contribution is 9.10. The summed E-state index contributed by atoms with van der Waals surface area (Å²) in [5.41, 5.74) is 1.39. The molecule has 0 radical (unpaired) electrons. The Morgan fingerprint density at radius 3 is 2.46 bits per heavy atom. The van der Waals surface area contributed by atoms with Crippen molar-refractivity contribution in [2.24, 2.45) is 0 Å². The van der Waals surface area contributed by atoms with Crippen molar-refractivity contribution in [2.45, 2.75) is 43.4 Å². The van der Waals surface area contributed by atoms with Gasteiger partial charge in [0.1, 0.15) is 12.1 Å². The van der Waals surface area contributed by atoms with E-state index in [9.17, 15) is 10.0 Å². The van der Waals surface area contributed by atoms with Crippen LogP contribution in [0.4, 0.5) is 0 Å². The SMILES string of the molecule is O=C1c2ccccc2C[N+]1([O-])[C@]1(c2ccc(Br)cc2)C[C@]2(CCCO2)C1. The highest BCUT2D eigenvalue weighted by Gasteiger charge is 2.68. The number of rotatable bonds is 2. The fourth-order valence-electron chi connectivity index (χ4n) is 5.20. The molecule has 5 rings (SSSR count). The molecule has 0 aromatic heterocycles. The second-order valence-electron chi connectivity index (χ2n) is 7.89. The Balaban J connectivity index is 1.62. The summed E-state index contributed by atoms with van der Waals surface area (Å²) in [6.45, 7) is 0.963. The van der Waals surface area contributed by atoms with Gasteiger partial charge in [0.25, 0.3) is 0 Å². The van der Waals surface area contributed by atoms with Crippen LogP contribution in [0.25, 0.3) is 0 Å². The van der Waals surface area contributed by atoms with Gasteiger partial charge < -0.3 is 9.94 Å². The van der Waals surface area contributed by atoms with Crippen molar-refractivity contribution in [3.05, 3.63) is 74.9 Å². The summed E-state index contributed by atoms with van der Waals surface area (Å²) < 4.78 is 6.17. The Bertz CT molecular complexity index is 880. The number of nitrogens with zero attached hydrogens (tertiary/aromatic N) is 1. The molecule has 2 heterocycles. The van der Waals surface area contributed by atoms with Gasteiger partial charge in [-0.2, -0.15) is 0 Å². The maximum atomic E-state index is 14.1. The molecule has 1 unspecified atom stereocenters. The number of ether oxygens (including phenoxy) is 1. The van der Waals surface area contributed by atoms with Gasteiger partial charge >= 0.3 is 5.91 Å². The third-order valence-electron chi connectivity index (χ3n) is 6.46. The van der Waals surface area contributed by atoms with E-state index in [4.69, 9.17) is 4.74 Å². The molecular formula is C21H20BrNO3. The predicted octanol–water partition coefficient (Wildman–Crippen LogP) is 4.66. The standard InChI is InChI=1S/C21H20BrNO3/c22-17-8-6-16(7-9-17)21(13-20(14-21)10-3-11-26-20)23(25)12-15-4-1-2-5-18(15)19(23)24/h1-2,4-9H,3,10-14H2/t20-,21-,23?. The van der Waals surface area contributed by atoms with E-state index >= 15 is 0 Å². The number of hydrogen-bond donors (Lipinski definition) is 0. The molecule has 2 aliphatic heterocycles. The van der Waals surface area contributed by atoms with E-state index in [0.29, 0.717) is 18.4 Å². The lowest BCUT2D eigenvalue weighted by molar-refractivity contribution is -0.886. The first-order valence-corrected chi connectivity index (χ1v) is 9.89. The third kappa shape index (κ3) is 2.09. The Morgan fingerprint density at radius 1 is 1.08 bits per heavy atom. The van der Waals surface area contributed by atoms with E-state index < -0.39 is 10.2 Å². The second kappa shape index (κ2) is 5.49. The van der Waals surface area contributed by atoms with Gasteiger partial charge in [-0.15, -0.1) is 0 Å². The largest absolute Gasteiger partial charge is 0.624 e. The molecule has 134 valence electrons. The van der Waals surface area contributed by atoms with Crippen molar-refractivity contribution in [2.75, 3.05) is 6.61 Å². The number of benzene rings is 2. The van der Waals surface area contributed by atoms with E-state index in [1.807, 2.05) is 42.5 Å². The summed E-state index contributed by atoms with van der Waals surface area (Å²) in [4.78, 5) is 13.2. The third-order valence-corrected chi connectivity index (χ3v) is 6.98. The molecule has 0 bridgehead atoms. The quantitative estimate of drug-likeness (QED) is 0.531. The fourth-order valence-corrected chi connectivity index (χ4v) is 5.46. The van der Waals surface area contributed by atoms with Crippen LogP contribution in [0, 0.1) is 5.21 Å². The van der Waals surface area contributed by atoms with Crippen molar-refractivity contribution in [3.8, 4) is 0 Å². The summed E-state index contributed by atoms with van der Waals surface area (Å²) in [6, 6.07) is 15.3. The molecule has 1 saturated carbocycles. The van der Waals surface area contributed by atoms with Gasteiger partial charge in [-0.25, -0.2) is 4.79 Å². The average molecular weight is 414 g/mol. The molecule has 5 heteroatoms. The van der Waals surface area contributed by atoms with Gasteiger partial charge in [0.2, 0.25) is 0 Å².